The summed E-state index contributed by atoms with van der Waals surface area (Å²) in [6.45, 7) is 4.65. The molecule has 19 heavy (non-hydrogen) atoms. The zero-order valence-electron chi connectivity index (χ0n) is 11.2. The molecular weight excluding hydrogens is 264 g/mol. The summed E-state index contributed by atoms with van der Waals surface area (Å²) in [5.41, 5.74) is 0. The monoisotopic (exact) mass is 282 g/mol. The molecule has 1 aliphatic carbocycles. The summed E-state index contributed by atoms with van der Waals surface area (Å²) in [4.78, 5) is 13.5. The molecule has 1 saturated heterocycles. The Bertz CT molecular complexity index is 444. The molecule has 0 unspecified atom stereocenters. The molecule has 0 atom stereocenters. The Morgan fingerprint density at radius 2 is 2.00 bits per heavy atom. The highest BCUT2D eigenvalue weighted by molar-refractivity contribution is 6.29. The van der Waals surface area contributed by atoms with Gasteiger partial charge in [-0.1, -0.05) is 11.6 Å². The van der Waals surface area contributed by atoms with Crippen molar-refractivity contribution in [3.63, 3.8) is 0 Å². The lowest BCUT2D eigenvalue weighted by atomic mass is 10.3. The Labute approximate surface area is 118 Å². The SMILES string of the molecule is COCc1nc(Cl)cc(N2CCN(C3CC3)CC2)n1. The van der Waals surface area contributed by atoms with E-state index in [-0.39, 0.29) is 0 Å². The van der Waals surface area contributed by atoms with Crippen LogP contribution in [0.2, 0.25) is 5.15 Å². The summed E-state index contributed by atoms with van der Waals surface area (Å²) >= 11 is 6.05. The Balaban J connectivity index is 1.68. The number of hydrogen-bond acceptors (Lipinski definition) is 5. The number of piperazine rings is 1. The number of hydrogen-bond donors (Lipinski definition) is 0. The minimum atomic E-state index is 0.398. The van der Waals surface area contributed by atoms with Crippen LogP contribution in [0, 0.1) is 0 Å². The fourth-order valence-electron chi connectivity index (χ4n) is 2.56. The highest BCUT2D eigenvalue weighted by Crippen LogP contribution is 2.28. The van der Waals surface area contributed by atoms with Crippen molar-refractivity contribution < 1.29 is 4.74 Å². The van der Waals surface area contributed by atoms with Gasteiger partial charge in [-0.25, -0.2) is 9.97 Å². The second-order valence-electron chi connectivity index (χ2n) is 5.15. The van der Waals surface area contributed by atoms with Crippen molar-refractivity contribution in [3.8, 4) is 0 Å². The molecule has 0 aromatic carbocycles. The third kappa shape index (κ3) is 3.16. The highest BCUT2D eigenvalue weighted by atomic mass is 35.5. The normalized spacial score (nSPS) is 20.8. The van der Waals surface area contributed by atoms with E-state index in [4.69, 9.17) is 16.3 Å². The van der Waals surface area contributed by atoms with Gasteiger partial charge in [0.1, 0.15) is 17.6 Å². The standard InChI is InChI=1S/C13H19ClN4O/c1-19-9-12-15-11(14)8-13(16-12)18-6-4-17(5-7-18)10-2-3-10/h8,10H,2-7,9H2,1H3. The van der Waals surface area contributed by atoms with Crippen LogP contribution in [0.5, 0.6) is 0 Å². The van der Waals surface area contributed by atoms with Gasteiger partial charge in [-0.15, -0.1) is 0 Å². The van der Waals surface area contributed by atoms with E-state index < -0.39 is 0 Å². The Morgan fingerprint density at radius 3 is 2.63 bits per heavy atom. The van der Waals surface area contributed by atoms with Crippen LogP contribution in [0.15, 0.2) is 6.07 Å². The molecular formula is C13H19ClN4O. The molecule has 0 bridgehead atoms. The second-order valence-corrected chi connectivity index (χ2v) is 5.54. The van der Waals surface area contributed by atoms with Crippen LogP contribution in [0.4, 0.5) is 5.82 Å². The minimum Gasteiger partial charge on any atom is -0.377 e. The lowest BCUT2D eigenvalue weighted by Gasteiger charge is -2.35. The maximum atomic E-state index is 6.05. The summed E-state index contributed by atoms with van der Waals surface area (Å²) in [6.07, 6.45) is 2.74. The van der Waals surface area contributed by atoms with Crippen molar-refractivity contribution in [1.82, 2.24) is 14.9 Å². The van der Waals surface area contributed by atoms with Gasteiger partial charge < -0.3 is 9.64 Å². The van der Waals surface area contributed by atoms with E-state index >= 15 is 0 Å². The molecule has 5 nitrogen and oxygen atoms in total. The van der Waals surface area contributed by atoms with Crippen LogP contribution >= 0.6 is 11.6 Å². The van der Waals surface area contributed by atoms with E-state index in [2.05, 4.69) is 19.8 Å². The molecule has 6 heteroatoms. The van der Waals surface area contributed by atoms with Crippen molar-refractivity contribution >= 4 is 17.4 Å². The summed E-state index contributed by atoms with van der Waals surface area (Å²) in [5.74, 6) is 1.57. The van der Waals surface area contributed by atoms with Gasteiger partial charge in [0, 0.05) is 45.4 Å². The Kier molecular flexibility index (Phi) is 3.86. The predicted molar refractivity (Wildman–Crippen MR) is 74.6 cm³/mol. The molecule has 0 radical (unpaired) electrons. The highest BCUT2D eigenvalue weighted by Gasteiger charge is 2.31. The maximum absolute atomic E-state index is 6.05. The van der Waals surface area contributed by atoms with Gasteiger partial charge in [0.25, 0.3) is 0 Å². The molecule has 0 N–H and O–H groups in total. The average Bonchev–Trinajstić information content (AvgIpc) is 3.23. The third-order valence-corrected chi connectivity index (χ3v) is 3.90. The van der Waals surface area contributed by atoms with Crippen LogP contribution in [0.1, 0.15) is 18.7 Å². The molecule has 3 rings (SSSR count). The van der Waals surface area contributed by atoms with Gasteiger partial charge in [-0.05, 0) is 12.8 Å². The van der Waals surface area contributed by atoms with Crippen molar-refractivity contribution in [2.24, 2.45) is 0 Å². The lowest BCUT2D eigenvalue weighted by Crippen LogP contribution is -2.47. The number of rotatable bonds is 4. The fourth-order valence-corrected chi connectivity index (χ4v) is 2.76. The summed E-state index contributed by atoms with van der Waals surface area (Å²) < 4.78 is 5.07. The van der Waals surface area contributed by atoms with E-state index in [9.17, 15) is 0 Å². The maximum Gasteiger partial charge on any atom is 0.158 e. The van der Waals surface area contributed by atoms with Crippen molar-refractivity contribution in [2.45, 2.75) is 25.5 Å². The molecule has 0 spiro atoms. The molecule has 0 amide bonds. The number of methoxy groups -OCH3 is 1. The lowest BCUT2D eigenvalue weighted by molar-refractivity contribution is 0.177. The van der Waals surface area contributed by atoms with Crippen LogP contribution in [0.25, 0.3) is 0 Å². The number of anilines is 1. The van der Waals surface area contributed by atoms with Crippen LogP contribution < -0.4 is 4.90 Å². The summed E-state index contributed by atoms with van der Waals surface area (Å²) in [7, 11) is 1.64. The predicted octanol–water partition coefficient (Wildman–Crippen LogP) is 1.56. The first-order chi connectivity index (χ1) is 9.26. The average molecular weight is 283 g/mol. The smallest absolute Gasteiger partial charge is 0.158 e. The first-order valence-electron chi connectivity index (χ1n) is 6.77. The fraction of sp³-hybridized carbons (Fsp3) is 0.692. The van der Waals surface area contributed by atoms with E-state index in [0.29, 0.717) is 17.6 Å². The van der Waals surface area contributed by atoms with E-state index in [1.807, 2.05) is 6.07 Å². The van der Waals surface area contributed by atoms with E-state index in [1.54, 1.807) is 7.11 Å². The summed E-state index contributed by atoms with van der Waals surface area (Å²) in [5, 5.41) is 0.488. The molecule has 104 valence electrons. The van der Waals surface area contributed by atoms with Crippen LogP contribution in [0.3, 0.4) is 0 Å². The number of ether oxygens (including phenoxy) is 1. The number of halogens is 1. The first-order valence-corrected chi connectivity index (χ1v) is 7.15. The molecule has 2 aliphatic rings. The number of aromatic nitrogens is 2. The minimum absolute atomic E-state index is 0.398. The van der Waals surface area contributed by atoms with Gasteiger partial charge in [0.2, 0.25) is 0 Å². The van der Waals surface area contributed by atoms with Crippen molar-refractivity contribution in [2.75, 3.05) is 38.2 Å². The van der Waals surface area contributed by atoms with Gasteiger partial charge in [-0.3, -0.25) is 4.90 Å². The van der Waals surface area contributed by atoms with Gasteiger partial charge in [0.05, 0.1) is 0 Å². The largest absolute Gasteiger partial charge is 0.377 e. The van der Waals surface area contributed by atoms with Crippen molar-refractivity contribution in [3.05, 3.63) is 17.0 Å². The Morgan fingerprint density at radius 1 is 1.26 bits per heavy atom. The van der Waals surface area contributed by atoms with Gasteiger partial charge in [-0.2, -0.15) is 0 Å². The first kappa shape index (κ1) is 13.1. The van der Waals surface area contributed by atoms with Crippen LogP contribution in [-0.4, -0.2) is 54.2 Å². The molecule has 2 fully saturated rings. The second kappa shape index (κ2) is 5.61. The molecule has 1 aromatic rings. The van der Waals surface area contributed by atoms with Crippen LogP contribution in [-0.2, 0) is 11.3 Å². The molecule has 1 aliphatic heterocycles. The molecule has 2 heterocycles. The molecule has 1 aromatic heterocycles. The van der Waals surface area contributed by atoms with Crippen molar-refractivity contribution in [1.29, 1.82) is 0 Å². The zero-order chi connectivity index (χ0) is 13.2. The Hall–Kier alpha value is -0.910. The van der Waals surface area contributed by atoms with Gasteiger partial charge in [0.15, 0.2) is 5.82 Å². The summed E-state index contributed by atoms with van der Waals surface area (Å²) in [6, 6.07) is 2.69. The third-order valence-electron chi connectivity index (χ3n) is 3.70. The molecule has 1 saturated carbocycles. The van der Waals surface area contributed by atoms with Gasteiger partial charge >= 0.3 is 0 Å². The van der Waals surface area contributed by atoms with E-state index in [1.165, 1.54) is 12.8 Å². The number of nitrogens with zero attached hydrogens (tertiary/aromatic N) is 4. The topological polar surface area (TPSA) is 41.5 Å². The van der Waals surface area contributed by atoms with E-state index in [0.717, 1.165) is 38.0 Å². The quantitative estimate of drug-likeness (QED) is 0.784. The zero-order valence-corrected chi connectivity index (χ0v) is 11.9.